The van der Waals surface area contributed by atoms with E-state index < -0.39 is 5.97 Å². The van der Waals surface area contributed by atoms with Gasteiger partial charge in [0.2, 0.25) is 5.76 Å². The number of cyclic esters (lactones) is 1. The molecule has 0 radical (unpaired) electrons. The van der Waals surface area contributed by atoms with Crippen LogP contribution in [0.5, 0.6) is 0 Å². The van der Waals surface area contributed by atoms with Gasteiger partial charge in [0.15, 0.2) is 0 Å². The van der Waals surface area contributed by atoms with Crippen molar-refractivity contribution >= 4 is 11.9 Å². The van der Waals surface area contributed by atoms with Crippen LogP contribution in [-0.2, 0) is 19.1 Å². The minimum Gasteiger partial charge on any atom is -0.460 e. The third-order valence-corrected chi connectivity index (χ3v) is 5.59. The Kier molecular flexibility index (Phi) is 9.96. The Morgan fingerprint density at radius 3 is 2.21 bits per heavy atom. The molecule has 0 fully saturated rings. The lowest BCUT2D eigenvalue weighted by molar-refractivity contribution is -0.156. The van der Waals surface area contributed by atoms with E-state index in [1.807, 2.05) is 31.2 Å². The first-order valence-electron chi connectivity index (χ1n) is 11.2. The third kappa shape index (κ3) is 7.34. The van der Waals surface area contributed by atoms with Crippen molar-refractivity contribution in [3.63, 3.8) is 0 Å². The molecular weight excluding hydrogens is 364 g/mol. The number of esters is 2. The summed E-state index contributed by atoms with van der Waals surface area (Å²) in [6.45, 7) is 6.27. The normalized spacial score (nSPS) is 18.9. The second-order valence-corrected chi connectivity index (χ2v) is 7.98. The highest BCUT2D eigenvalue weighted by Crippen LogP contribution is 2.36. The molecule has 0 saturated heterocycles. The third-order valence-electron chi connectivity index (χ3n) is 5.59. The zero-order valence-corrected chi connectivity index (χ0v) is 18.2. The van der Waals surface area contributed by atoms with Gasteiger partial charge >= 0.3 is 11.9 Å². The van der Waals surface area contributed by atoms with Crippen molar-refractivity contribution in [3.05, 3.63) is 47.2 Å². The lowest BCUT2D eigenvalue weighted by Crippen LogP contribution is -2.30. The van der Waals surface area contributed by atoms with E-state index in [1.54, 1.807) is 13.0 Å². The van der Waals surface area contributed by atoms with Gasteiger partial charge in [-0.1, -0.05) is 88.1 Å². The molecule has 1 aliphatic rings. The molecule has 4 heteroatoms. The molecule has 0 N–H and O–H groups in total. The average molecular weight is 401 g/mol. The van der Waals surface area contributed by atoms with Crippen molar-refractivity contribution in [1.29, 1.82) is 0 Å². The molecule has 2 atom stereocenters. The van der Waals surface area contributed by atoms with E-state index in [0.29, 0.717) is 0 Å². The highest BCUT2D eigenvalue weighted by molar-refractivity contribution is 5.92. The second kappa shape index (κ2) is 12.5. The molecule has 1 aromatic rings. The topological polar surface area (TPSA) is 52.6 Å². The van der Waals surface area contributed by atoms with Gasteiger partial charge in [0.25, 0.3) is 0 Å². The van der Waals surface area contributed by atoms with Crippen molar-refractivity contribution in [3.8, 4) is 0 Å². The molecule has 0 spiro atoms. The van der Waals surface area contributed by atoms with E-state index >= 15 is 0 Å². The summed E-state index contributed by atoms with van der Waals surface area (Å²) in [6, 6.07) is 8.16. The molecular formula is C25H36O4. The van der Waals surface area contributed by atoms with E-state index in [9.17, 15) is 9.59 Å². The number of carbonyl (C=O) groups excluding carboxylic acids is 2. The van der Waals surface area contributed by atoms with Crippen molar-refractivity contribution in [1.82, 2.24) is 0 Å². The van der Waals surface area contributed by atoms with E-state index in [1.165, 1.54) is 44.1 Å². The first-order chi connectivity index (χ1) is 14.1. The summed E-state index contributed by atoms with van der Waals surface area (Å²) in [5, 5.41) is 0. The number of rotatable bonds is 12. The summed E-state index contributed by atoms with van der Waals surface area (Å²) in [5.41, 5.74) is 2.21. The van der Waals surface area contributed by atoms with Crippen LogP contribution in [0.4, 0.5) is 0 Å². The Labute approximate surface area is 175 Å². The standard InChI is InChI=1S/C25H36O4/c1-4-6-7-8-9-10-11-12-13-21-22(20-16-14-19(3)15-17-20)18-23(29-24(21)26)25(27)28-5-2/h14-18,21-22H,4-13H2,1-3H3/t21-,22+/m0/s1. The van der Waals surface area contributed by atoms with Gasteiger partial charge in [0, 0.05) is 5.92 Å². The van der Waals surface area contributed by atoms with Crippen LogP contribution in [0.2, 0.25) is 0 Å². The predicted octanol–water partition coefficient (Wildman–Crippen LogP) is 6.23. The van der Waals surface area contributed by atoms with Crippen molar-refractivity contribution in [2.75, 3.05) is 6.61 Å². The fourth-order valence-electron chi connectivity index (χ4n) is 3.87. The fraction of sp³-hybridized carbons (Fsp3) is 0.600. The zero-order valence-electron chi connectivity index (χ0n) is 18.2. The molecule has 0 unspecified atom stereocenters. The Morgan fingerprint density at radius 2 is 1.59 bits per heavy atom. The highest BCUT2D eigenvalue weighted by Gasteiger charge is 2.36. The lowest BCUT2D eigenvalue weighted by atomic mass is 9.80. The maximum absolute atomic E-state index is 12.7. The number of allylic oxidation sites excluding steroid dienone is 1. The predicted molar refractivity (Wildman–Crippen MR) is 115 cm³/mol. The fourth-order valence-corrected chi connectivity index (χ4v) is 3.87. The molecule has 0 bridgehead atoms. The van der Waals surface area contributed by atoms with Crippen LogP contribution in [-0.4, -0.2) is 18.5 Å². The quantitative estimate of drug-likeness (QED) is 0.308. The Morgan fingerprint density at radius 1 is 0.966 bits per heavy atom. The number of hydrogen-bond acceptors (Lipinski definition) is 4. The Bertz CT molecular complexity index is 675. The van der Waals surface area contributed by atoms with Crippen LogP contribution in [0.25, 0.3) is 0 Å². The van der Waals surface area contributed by atoms with E-state index in [2.05, 4.69) is 6.92 Å². The van der Waals surface area contributed by atoms with Gasteiger partial charge < -0.3 is 9.47 Å². The first kappa shape index (κ1) is 23.2. The number of aryl methyl sites for hydroxylation is 1. The van der Waals surface area contributed by atoms with Crippen molar-refractivity contribution in [2.45, 2.75) is 84.5 Å². The maximum atomic E-state index is 12.7. The van der Waals surface area contributed by atoms with Crippen LogP contribution in [0, 0.1) is 12.8 Å². The SMILES string of the molecule is CCCCCCCCCC[C@@H]1C(=O)OC(C(=O)OCC)=C[C@@H]1c1ccc(C)cc1. The minimum absolute atomic E-state index is 0.0228. The largest absolute Gasteiger partial charge is 0.460 e. The maximum Gasteiger partial charge on any atom is 0.374 e. The minimum atomic E-state index is -0.566. The molecule has 4 nitrogen and oxygen atoms in total. The summed E-state index contributed by atoms with van der Waals surface area (Å²) in [6.07, 6.45) is 12.4. The summed E-state index contributed by atoms with van der Waals surface area (Å²) in [5.74, 6) is -1.26. The summed E-state index contributed by atoms with van der Waals surface area (Å²) in [4.78, 5) is 24.9. The lowest BCUT2D eigenvalue weighted by Gasteiger charge is -2.28. The number of carbonyl (C=O) groups is 2. The molecule has 29 heavy (non-hydrogen) atoms. The van der Waals surface area contributed by atoms with Gasteiger partial charge in [-0.25, -0.2) is 4.79 Å². The second-order valence-electron chi connectivity index (χ2n) is 7.98. The van der Waals surface area contributed by atoms with Crippen molar-refractivity contribution in [2.24, 2.45) is 5.92 Å². The van der Waals surface area contributed by atoms with Crippen LogP contribution in [0.1, 0.15) is 88.7 Å². The molecule has 1 aliphatic heterocycles. The van der Waals surface area contributed by atoms with E-state index in [4.69, 9.17) is 9.47 Å². The van der Waals surface area contributed by atoms with Gasteiger partial charge in [-0.15, -0.1) is 0 Å². The number of unbranched alkanes of at least 4 members (excludes halogenated alkanes) is 7. The summed E-state index contributed by atoms with van der Waals surface area (Å²) >= 11 is 0. The average Bonchev–Trinajstić information content (AvgIpc) is 2.71. The van der Waals surface area contributed by atoms with Gasteiger partial charge in [0.05, 0.1) is 12.5 Å². The molecule has 1 heterocycles. The van der Waals surface area contributed by atoms with Crippen LogP contribution < -0.4 is 0 Å². The molecule has 0 amide bonds. The highest BCUT2D eigenvalue weighted by atomic mass is 16.6. The van der Waals surface area contributed by atoms with E-state index in [-0.39, 0.29) is 30.2 Å². The molecule has 1 aromatic carbocycles. The first-order valence-corrected chi connectivity index (χ1v) is 11.2. The molecule has 0 saturated carbocycles. The van der Waals surface area contributed by atoms with Gasteiger partial charge in [-0.2, -0.15) is 0 Å². The molecule has 0 aliphatic carbocycles. The van der Waals surface area contributed by atoms with Gasteiger partial charge in [-0.05, 0) is 31.9 Å². The number of benzene rings is 1. The summed E-state index contributed by atoms with van der Waals surface area (Å²) in [7, 11) is 0. The van der Waals surface area contributed by atoms with E-state index in [0.717, 1.165) is 24.8 Å². The Balaban J connectivity index is 2.01. The molecule has 0 aromatic heterocycles. The monoisotopic (exact) mass is 400 g/mol. The van der Waals surface area contributed by atoms with Gasteiger partial charge in [-0.3, -0.25) is 4.79 Å². The van der Waals surface area contributed by atoms with Gasteiger partial charge in [0.1, 0.15) is 0 Å². The summed E-state index contributed by atoms with van der Waals surface area (Å²) < 4.78 is 10.4. The van der Waals surface area contributed by atoms with Crippen molar-refractivity contribution < 1.29 is 19.1 Å². The van der Waals surface area contributed by atoms with Crippen LogP contribution in [0.15, 0.2) is 36.1 Å². The molecule has 2 rings (SSSR count). The smallest absolute Gasteiger partial charge is 0.374 e. The zero-order chi connectivity index (χ0) is 21.1. The number of ether oxygens (including phenoxy) is 2. The van der Waals surface area contributed by atoms with Crippen LogP contribution in [0.3, 0.4) is 0 Å². The Hall–Kier alpha value is -2.10. The van der Waals surface area contributed by atoms with Crippen LogP contribution >= 0.6 is 0 Å². The number of hydrogen-bond donors (Lipinski definition) is 0. The molecule has 160 valence electrons.